The largest absolute Gasteiger partial charge is 0.497 e. The van der Waals surface area contributed by atoms with Crippen molar-refractivity contribution >= 4 is 34.4 Å². The van der Waals surface area contributed by atoms with Crippen LogP contribution in [0.5, 0.6) is 11.5 Å². The standard InChI is InChI=1S/C20H15ClO3/c1-23-15-6-4-5-14(13-15)9-12-20(22)24-19-11-10-18(21)16-7-2-3-8-17(16)19/h2-13H,1H3/b12-9+. The first kappa shape index (κ1) is 16.1. The minimum absolute atomic E-state index is 0.453. The van der Waals surface area contributed by atoms with Crippen LogP contribution in [0.25, 0.3) is 16.8 Å². The van der Waals surface area contributed by atoms with Gasteiger partial charge in [-0.1, -0.05) is 48.0 Å². The van der Waals surface area contributed by atoms with Gasteiger partial charge in [-0.05, 0) is 35.9 Å². The maximum Gasteiger partial charge on any atom is 0.336 e. The Morgan fingerprint density at radius 3 is 2.58 bits per heavy atom. The van der Waals surface area contributed by atoms with E-state index in [1.807, 2.05) is 48.5 Å². The van der Waals surface area contributed by atoms with Gasteiger partial charge in [-0.15, -0.1) is 0 Å². The molecule has 0 saturated heterocycles. The molecular weight excluding hydrogens is 324 g/mol. The van der Waals surface area contributed by atoms with Crippen LogP contribution in [0.4, 0.5) is 0 Å². The Kier molecular flexibility index (Phi) is 4.82. The van der Waals surface area contributed by atoms with Crippen molar-refractivity contribution in [2.75, 3.05) is 7.11 Å². The lowest BCUT2D eigenvalue weighted by Gasteiger charge is -2.07. The molecule has 0 aliphatic rings. The van der Waals surface area contributed by atoms with Crippen molar-refractivity contribution < 1.29 is 14.3 Å². The summed E-state index contributed by atoms with van der Waals surface area (Å²) in [6.45, 7) is 0. The minimum atomic E-state index is -0.453. The molecule has 24 heavy (non-hydrogen) atoms. The number of esters is 1. The summed E-state index contributed by atoms with van der Waals surface area (Å²) >= 11 is 6.17. The number of hydrogen-bond donors (Lipinski definition) is 0. The second-order valence-corrected chi connectivity index (χ2v) is 5.53. The highest BCUT2D eigenvalue weighted by Gasteiger charge is 2.08. The zero-order chi connectivity index (χ0) is 16.9. The Morgan fingerprint density at radius 2 is 1.79 bits per heavy atom. The SMILES string of the molecule is COc1cccc(/C=C/C(=O)Oc2ccc(Cl)c3ccccc23)c1. The van der Waals surface area contributed by atoms with Crippen molar-refractivity contribution in [3.8, 4) is 11.5 Å². The van der Waals surface area contributed by atoms with E-state index in [0.29, 0.717) is 10.8 Å². The van der Waals surface area contributed by atoms with E-state index in [2.05, 4.69) is 0 Å². The van der Waals surface area contributed by atoms with E-state index in [-0.39, 0.29) is 0 Å². The molecule has 0 amide bonds. The number of benzene rings is 3. The normalized spacial score (nSPS) is 10.9. The fourth-order valence-corrected chi connectivity index (χ4v) is 2.60. The van der Waals surface area contributed by atoms with E-state index in [9.17, 15) is 4.79 Å². The molecule has 3 nitrogen and oxygen atoms in total. The van der Waals surface area contributed by atoms with Crippen LogP contribution in [0.2, 0.25) is 5.02 Å². The molecule has 0 saturated carbocycles. The van der Waals surface area contributed by atoms with Crippen molar-refractivity contribution in [3.05, 3.63) is 77.3 Å². The third-order valence-corrected chi connectivity index (χ3v) is 3.88. The molecular formula is C20H15ClO3. The Morgan fingerprint density at radius 1 is 1.00 bits per heavy atom. The fraction of sp³-hybridized carbons (Fsp3) is 0.0500. The molecule has 120 valence electrons. The van der Waals surface area contributed by atoms with Gasteiger partial charge in [0.2, 0.25) is 0 Å². The first-order chi connectivity index (χ1) is 11.7. The zero-order valence-corrected chi connectivity index (χ0v) is 13.8. The monoisotopic (exact) mass is 338 g/mol. The van der Waals surface area contributed by atoms with Crippen molar-refractivity contribution in [2.45, 2.75) is 0 Å². The quantitative estimate of drug-likeness (QED) is 0.376. The van der Waals surface area contributed by atoms with Gasteiger partial charge in [0.25, 0.3) is 0 Å². The molecule has 3 aromatic carbocycles. The molecule has 0 spiro atoms. The molecule has 3 aromatic rings. The molecule has 0 fully saturated rings. The number of hydrogen-bond acceptors (Lipinski definition) is 3. The second kappa shape index (κ2) is 7.20. The first-order valence-electron chi connectivity index (χ1n) is 7.38. The molecule has 4 heteroatoms. The van der Waals surface area contributed by atoms with Gasteiger partial charge in [0, 0.05) is 21.9 Å². The third-order valence-electron chi connectivity index (χ3n) is 3.55. The van der Waals surface area contributed by atoms with Crippen molar-refractivity contribution in [1.29, 1.82) is 0 Å². The van der Waals surface area contributed by atoms with Gasteiger partial charge in [0.15, 0.2) is 0 Å². The second-order valence-electron chi connectivity index (χ2n) is 5.12. The predicted octanol–water partition coefficient (Wildman–Crippen LogP) is 5.12. The van der Waals surface area contributed by atoms with Crippen LogP contribution in [-0.4, -0.2) is 13.1 Å². The number of carbonyl (C=O) groups is 1. The van der Waals surface area contributed by atoms with E-state index in [0.717, 1.165) is 22.1 Å². The van der Waals surface area contributed by atoms with Gasteiger partial charge < -0.3 is 9.47 Å². The van der Waals surface area contributed by atoms with Crippen LogP contribution in [-0.2, 0) is 4.79 Å². The maximum atomic E-state index is 12.1. The summed E-state index contributed by atoms with van der Waals surface area (Å²) in [7, 11) is 1.60. The van der Waals surface area contributed by atoms with E-state index in [4.69, 9.17) is 21.1 Å². The molecule has 0 aromatic heterocycles. The predicted molar refractivity (Wildman–Crippen MR) is 96.6 cm³/mol. The Labute approximate surface area is 145 Å². The van der Waals surface area contributed by atoms with E-state index in [1.165, 1.54) is 6.08 Å². The number of rotatable bonds is 4. The van der Waals surface area contributed by atoms with Crippen LogP contribution >= 0.6 is 11.6 Å². The Bertz CT molecular complexity index is 916. The molecule has 0 radical (unpaired) electrons. The van der Waals surface area contributed by atoms with Gasteiger partial charge >= 0.3 is 5.97 Å². The van der Waals surface area contributed by atoms with Crippen molar-refractivity contribution in [3.63, 3.8) is 0 Å². The van der Waals surface area contributed by atoms with Gasteiger partial charge in [0.1, 0.15) is 11.5 Å². The minimum Gasteiger partial charge on any atom is -0.497 e. The lowest BCUT2D eigenvalue weighted by Crippen LogP contribution is -2.04. The third kappa shape index (κ3) is 3.58. The van der Waals surface area contributed by atoms with Gasteiger partial charge in [-0.25, -0.2) is 4.79 Å². The van der Waals surface area contributed by atoms with Crippen LogP contribution in [0.15, 0.2) is 66.7 Å². The fourth-order valence-electron chi connectivity index (χ4n) is 2.38. The summed E-state index contributed by atoms with van der Waals surface area (Å²) < 4.78 is 10.6. The van der Waals surface area contributed by atoms with Crippen LogP contribution < -0.4 is 9.47 Å². The number of methoxy groups -OCH3 is 1. The Hall–Kier alpha value is -2.78. The summed E-state index contributed by atoms with van der Waals surface area (Å²) in [5, 5.41) is 2.27. The molecule has 0 bridgehead atoms. The molecule has 0 heterocycles. The topological polar surface area (TPSA) is 35.5 Å². The van der Waals surface area contributed by atoms with Crippen molar-refractivity contribution in [1.82, 2.24) is 0 Å². The van der Waals surface area contributed by atoms with Crippen LogP contribution in [0, 0.1) is 0 Å². The Balaban J connectivity index is 1.80. The van der Waals surface area contributed by atoms with Crippen LogP contribution in [0.3, 0.4) is 0 Å². The van der Waals surface area contributed by atoms with E-state index >= 15 is 0 Å². The lowest BCUT2D eigenvalue weighted by atomic mass is 10.1. The highest BCUT2D eigenvalue weighted by Crippen LogP contribution is 2.31. The number of carbonyl (C=O) groups excluding carboxylic acids is 1. The first-order valence-corrected chi connectivity index (χ1v) is 7.76. The number of ether oxygens (including phenoxy) is 2. The molecule has 0 N–H and O–H groups in total. The van der Waals surface area contributed by atoms with Gasteiger partial charge in [-0.2, -0.15) is 0 Å². The lowest BCUT2D eigenvalue weighted by molar-refractivity contribution is -0.128. The molecule has 0 atom stereocenters. The molecule has 3 rings (SSSR count). The summed E-state index contributed by atoms with van der Waals surface area (Å²) in [5.41, 5.74) is 0.854. The molecule has 0 aliphatic carbocycles. The average Bonchev–Trinajstić information content (AvgIpc) is 2.63. The number of halogens is 1. The van der Waals surface area contributed by atoms with Gasteiger partial charge in [-0.3, -0.25) is 0 Å². The highest BCUT2D eigenvalue weighted by molar-refractivity contribution is 6.35. The summed E-state index contributed by atoms with van der Waals surface area (Å²) in [6, 6.07) is 18.4. The highest BCUT2D eigenvalue weighted by atomic mass is 35.5. The van der Waals surface area contributed by atoms with E-state index < -0.39 is 5.97 Å². The van der Waals surface area contributed by atoms with Gasteiger partial charge in [0.05, 0.1) is 7.11 Å². The summed E-state index contributed by atoms with van der Waals surface area (Å²) in [5.74, 6) is 0.759. The van der Waals surface area contributed by atoms with E-state index in [1.54, 1.807) is 25.3 Å². The summed E-state index contributed by atoms with van der Waals surface area (Å²) in [4.78, 5) is 12.1. The summed E-state index contributed by atoms with van der Waals surface area (Å²) in [6.07, 6.45) is 3.07. The van der Waals surface area contributed by atoms with Crippen LogP contribution in [0.1, 0.15) is 5.56 Å². The maximum absolute atomic E-state index is 12.1. The smallest absolute Gasteiger partial charge is 0.336 e. The molecule has 0 aliphatic heterocycles. The zero-order valence-electron chi connectivity index (χ0n) is 13.0. The molecule has 0 unspecified atom stereocenters. The number of fused-ring (bicyclic) bond motifs is 1. The average molecular weight is 339 g/mol. The van der Waals surface area contributed by atoms with Crippen molar-refractivity contribution in [2.24, 2.45) is 0 Å².